The molecule has 0 aromatic heterocycles. The molecule has 94 valence electrons. The highest BCUT2D eigenvalue weighted by Crippen LogP contribution is 2.18. The van der Waals surface area contributed by atoms with Gasteiger partial charge in [-0.2, -0.15) is 0 Å². The molecule has 0 atom stereocenters. The summed E-state index contributed by atoms with van der Waals surface area (Å²) in [6.45, 7) is 15.2. The van der Waals surface area contributed by atoms with Gasteiger partial charge in [0, 0.05) is 16.6 Å². The first-order valence-corrected chi connectivity index (χ1v) is 6.97. The second kappa shape index (κ2) is 6.18. The van der Waals surface area contributed by atoms with Crippen LogP contribution in [0.4, 0.5) is 0 Å². The van der Waals surface area contributed by atoms with Crippen molar-refractivity contribution in [3.05, 3.63) is 11.1 Å². The van der Waals surface area contributed by atoms with Crippen molar-refractivity contribution in [2.24, 2.45) is 5.92 Å². The highest BCUT2D eigenvalue weighted by Gasteiger charge is 2.20. The van der Waals surface area contributed by atoms with E-state index in [1.807, 2.05) is 0 Å². The summed E-state index contributed by atoms with van der Waals surface area (Å²) in [4.78, 5) is 2.48. The largest absolute Gasteiger partial charge is 0.312 e. The van der Waals surface area contributed by atoms with Crippen LogP contribution in [-0.4, -0.2) is 36.6 Å². The van der Waals surface area contributed by atoms with Gasteiger partial charge < -0.3 is 5.32 Å². The van der Waals surface area contributed by atoms with E-state index in [4.69, 9.17) is 0 Å². The monoisotopic (exact) mass is 288 g/mol. The quantitative estimate of drug-likeness (QED) is 0.856. The van der Waals surface area contributed by atoms with Crippen LogP contribution < -0.4 is 5.32 Å². The smallest absolute Gasteiger partial charge is 0.0293 e. The molecule has 0 bridgehead atoms. The van der Waals surface area contributed by atoms with Crippen LogP contribution in [0.15, 0.2) is 11.1 Å². The number of likely N-dealkylation sites (tertiary alicyclic amines) is 1. The topological polar surface area (TPSA) is 15.3 Å². The zero-order valence-electron chi connectivity index (χ0n) is 10.9. The molecule has 0 aromatic rings. The number of hydrogen-bond donors (Lipinski definition) is 1. The Balaban J connectivity index is 2.19. The second-order valence-electron chi connectivity index (χ2n) is 5.87. The molecule has 1 aliphatic rings. The van der Waals surface area contributed by atoms with Gasteiger partial charge in [0.2, 0.25) is 0 Å². The number of piperidine rings is 1. The lowest BCUT2D eigenvalue weighted by Crippen LogP contribution is -2.43. The molecular weight excluding hydrogens is 264 g/mol. The van der Waals surface area contributed by atoms with Crippen LogP contribution in [0, 0.1) is 5.92 Å². The van der Waals surface area contributed by atoms with E-state index in [-0.39, 0.29) is 5.54 Å². The van der Waals surface area contributed by atoms with E-state index >= 15 is 0 Å². The van der Waals surface area contributed by atoms with Crippen molar-refractivity contribution in [3.8, 4) is 0 Å². The van der Waals surface area contributed by atoms with Gasteiger partial charge in [-0.1, -0.05) is 22.5 Å². The molecular formula is C13H25BrN2. The van der Waals surface area contributed by atoms with Gasteiger partial charge in [0.25, 0.3) is 0 Å². The van der Waals surface area contributed by atoms with Crippen molar-refractivity contribution in [2.45, 2.75) is 39.2 Å². The van der Waals surface area contributed by atoms with E-state index in [9.17, 15) is 0 Å². The number of nitrogens with one attached hydrogen (secondary N) is 1. The molecule has 0 amide bonds. The highest BCUT2D eigenvalue weighted by molar-refractivity contribution is 9.11. The van der Waals surface area contributed by atoms with Crippen molar-refractivity contribution < 1.29 is 0 Å². The zero-order chi connectivity index (χ0) is 12.2. The Morgan fingerprint density at radius 2 is 1.94 bits per heavy atom. The summed E-state index contributed by atoms with van der Waals surface area (Å²) in [6.07, 6.45) is 2.62. The van der Waals surface area contributed by atoms with Gasteiger partial charge in [-0.15, -0.1) is 0 Å². The average molecular weight is 289 g/mol. The normalized spacial score (nSPS) is 20.0. The van der Waals surface area contributed by atoms with E-state index in [0.717, 1.165) is 23.5 Å². The molecule has 1 aliphatic heterocycles. The Morgan fingerprint density at radius 3 is 2.38 bits per heavy atom. The average Bonchev–Trinajstić information content (AvgIpc) is 2.14. The Bertz CT molecular complexity index is 225. The molecule has 0 aliphatic carbocycles. The summed E-state index contributed by atoms with van der Waals surface area (Å²) in [5, 5.41) is 3.60. The zero-order valence-corrected chi connectivity index (χ0v) is 12.4. The van der Waals surface area contributed by atoms with Gasteiger partial charge in [0.1, 0.15) is 0 Å². The summed E-state index contributed by atoms with van der Waals surface area (Å²) < 4.78 is 1.10. The molecule has 2 nitrogen and oxygen atoms in total. The molecule has 3 heteroatoms. The predicted octanol–water partition coefficient (Wildman–Crippen LogP) is 3.00. The van der Waals surface area contributed by atoms with E-state index in [1.165, 1.54) is 25.9 Å². The van der Waals surface area contributed by atoms with Crippen LogP contribution in [0.3, 0.4) is 0 Å². The van der Waals surface area contributed by atoms with Crippen LogP contribution in [-0.2, 0) is 0 Å². The number of hydrogen-bond acceptors (Lipinski definition) is 2. The van der Waals surface area contributed by atoms with Crippen LogP contribution in [0.25, 0.3) is 0 Å². The Labute approximate surface area is 109 Å². The molecule has 1 N–H and O–H groups in total. The third kappa shape index (κ3) is 6.02. The lowest BCUT2D eigenvalue weighted by molar-refractivity contribution is 0.190. The lowest BCUT2D eigenvalue weighted by Gasteiger charge is -2.33. The summed E-state index contributed by atoms with van der Waals surface area (Å²) in [7, 11) is 0. The summed E-state index contributed by atoms with van der Waals surface area (Å²) >= 11 is 3.43. The molecule has 16 heavy (non-hydrogen) atoms. The van der Waals surface area contributed by atoms with Crippen LogP contribution in [0.5, 0.6) is 0 Å². The minimum Gasteiger partial charge on any atom is -0.312 e. The second-order valence-corrected chi connectivity index (χ2v) is 6.99. The molecule has 1 saturated heterocycles. The fourth-order valence-electron chi connectivity index (χ4n) is 2.04. The fourth-order valence-corrected chi connectivity index (χ4v) is 2.40. The van der Waals surface area contributed by atoms with Crippen LogP contribution in [0.1, 0.15) is 33.6 Å². The Hall–Kier alpha value is 0.140. The third-order valence-corrected chi connectivity index (χ3v) is 3.27. The maximum Gasteiger partial charge on any atom is 0.0293 e. The van der Waals surface area contributed by atoms with Gasteiger partial charge in [0.15, 0.2) is 0 Å². The van der Waals surface area contributed by atoms with E-state index in [2.05, 4.69) is 53.5 Å². The molecule has 1 rings (SSSR count). The molecule has 0 spiro atoms. The van der Waals surface area contributed by atoms with Gasteiger partial charge in [0.05, 0.1) is 0 Å². The van der Waals surface area contributed by atoms with Crippen molar-refractivity contribution in [1.29, 1.82) is 0 Å². The van der Waals surface area contributed by atoms with Crippen LogP contribution >= 0.6 is 15.9 Å². The van der Waals surface area contributed by atoms with Gasteiger partial charge in [-0.3, -0.25) is 4.90 Å². The van der Waals surface area contributed by atoms with Crippen molar-refractivity contribution >= 4 is 15.9 Å². The van der Waals surface area contributed by atoms with Crippen LogP contribution in [0.2, 0.25) is 0 Å². The predicted molar refractivity (Wildman–Crippen MR) is 75.0 cm³/mol. The first kappa shape index (κ1) is 14.2. The van der Waals surface area contributed by atoms with E-state index in [0.29, 0.717) is 0 Å². The molecule has 0 aromatic carbocycles. The lowest BCUT2D eigenvalue weighted by atomic mass is 9.95. The van der Waals surface area contributed by atoms with E-state index < -0.39 is 0 Å². The molecule has 0 radical (unpaired) electrons. The molecule has 0 unspecified atom stereocenters. The number of halogens is 1. The maximum absolute atomic E-state index is 3.90. The van der Waals surface area contributed by atoms with Gasteiger partial charge in [-0.05, 0) is 59.2 Å². The molecule has 0 saturated carbocycles. The van der Waals surface area contributed by atoms with Crippen molar-refractivity contribution in [3.63, 3.8) is 0 Å². The molecule has 1 heterocycles. The summed E-state index contributed by atoms with van der Waals surface area (Å²) in [6, 6.07) is 0. The third-order valence-electron chi connectivity index (χ3n) is 3.02. The Morgan fingerprint density at radius 1 is 1.38 bits per heavy atom. The van der Waals surface area contributed by atoms with Gasteiger partial charge in [-0.25, -0.2) is 0 Å². The molecule has 1 fully saturated rings. The number of rotatable bonds is 4. The van der Waals surface area contributed by atoms with E-state index in [1.54, 1.807) is 0 Å². The first-order valence-electron chi connectivity index (χ1n) is 6.17. The standard InChI is InChI=1S/C13H25BrN2/c1-11(14)10-16-7-5-12(6-8-16)9-15-13(2,3)4/h12,15H,1,5-10H2,2-4H3. The van der Waals surface area contributed by atoms with Crippen molar-refractivity contribution in [1.82, 2.24) is 10.2 Å². The maximum atomic E-state index is 3.90. The Kier molecular flexibility index (Phi) is 5.48. The summed E-state index contributed by atoms with van der Waals surface area (Å²) in [5.74, 6) is 0.846. The highest BCUT2D eigenvalue weighted by atomic mass is 79.9. The SMILES string of the molecule is C=C(Br)CN1CCC(CNC(C)(C)C)CC1. The van der Waals surface area contributed by atoms with Crippen molar-refractivity contribution in [2.75, 3.05) is 26.2 Å². The summed E-state index contributed by atoms with van der Waals surface area (Å²) in [5.41, 5.74) is 0.251. The first-order chi connectivity index (χ1) is 7.37. The minimum atomic E-state index is 0.251. The minimum absolute atomic E-state index is 0.251. The fraction of sp³-hybridized carbons (Fsp3) is 0.846. The number of nitrogens with zero attached hydrogens (tertiary/aromatic N) is 1. The van der Waals surface area contributed by atoms with Gasteiger partial charge >= 0.3 is 0 Å².